The Bertz CT molecular complexity index is 2590. The van der Waals surface area contributed by atoms with Gasteiger partial charge in [0.1, 0.15) is 5.75 Å². The molecule has 10 heteroatoms. The molecule has 1 N–H and O–H groups in total. The fourth-order valence-corrected chi connectivity index (χ4v) is 8.18. The summed E-state index contributed by atoms with van der Waals surface area (Å²) >= 11 is 12.8. The quantitative estimate of drug-likeness (QED) is 0.190. The highest BCUT2D eigenvalue weighted by atomic mass is 35.5. The average Bonchev–Trinajstić information content (AvgIpc) is 3.96. The first kappa shape index (κ1) is 30.9. The van der Waals surface area contributed by atoms with Gasteiger partial charge in [0.05, 0.1) is 16.9 Å². The summed E-state index contributed by atoms with van der Waals surface area (Å²) in [7, 11) is 0. The summed E-state index contributed by atoms with van der Waals surface area (Å²) < 4.78 is 27.3. The third-order valence-electron chi connectivity index (χ3n) is 10.2. The molecule has 4 heterocycles. The number of carbonyl (C=O) groups excluding carboxylic acids is 1. The second kappa shape index (κ2) is 11.9. The zero-order chi connectivity index (χ0) is 35.1. The van der Waals surface area contributed by atoms with E-state index in [1.807, 2.05) is 103 Å². The van der Waals surface area contributed by atoms with Gasteiger partial charge in [-0.1, -0.05) is 29.3 Å². The highest BCUT2D eigenvalue weighted by Crippen LogP contribution is 2.52. The molecule has 0 fully saturated rings. The maximum Gasteiger partial charge on any atom is 0.231 e. The van der Waals surface area contributed by atoms with Crippen LogP contribution in [0, 0.1) is 0 Å². The van der Waals surface area contributed by atoms with Crippen molar-refractivity contribution in [1.29, 1.82) is 0 Å². The topological polar surface area (TPSA) is 84.1 Å². The van der Waals surface area contributed by atoms with E-state index in [0.717, 1.165) is 50.7 Å². The summed E-state index contributed by atoms with van der Waals surface area (Å²) in [6.07, 6.45) is 0.834. The van der Waals surface area contributed by atoms with Crippen LogP contribution in [-0.2, 0) is 0 Å². The first-order valence-electron chi connectivity index (χ1n) is 16.9. The Morgan fingerprint density at radius 3 is 1.92 bits per heavy atom. The second-order valence-corrected chi connectivity index (χ2v) is 13.9. The molecule has 8 nitrogen and oxygen atoms in total. The third-order valence-corrected chi connectivity index (χ3v) is 10.7. The third kappa shape index (κ3) is 4.78. The van der Waals surface area contributed by atoms with Gasteiger partial charge in [-0.15, -0.1) is 0 Å². The van der Waals surface area contributed by atoms with Gasteiger partial charge in [0.15, 0.2) is 28.8 Å². The van der Waals surface area contributed by atoms with Crippen molar-refractivity contribution in [1.82, 2.24) is 9.13 Å². The fourth-order valence-electron chi connectivity index (χ4n) is 7.93. The molecule has 2 aliphatic heterocycles. The van der Waals surface area contributed by atoms with Gasteiger partial charge in [0.2, 0.25) is 13.6 Å². The fraction of sp³-hybridized carbons (Fsp3) is 0.119. The van der Waals surface area contributed by atoms with Crippen LogP contribution >= 0.6 is 23.2 Å². The van der Waals surface area contributed by atoms with Gasteiger partial charge in [0.25, 0.3) is 0 Å². The Morgan fingerprint density at radius 1 is 0.654 bits per heavy atom. The van der Waals surface area contributed by atoms with Crippen molar-refractivity contribution in [2.75, 3.05) is 13.6 Å². The number of Topliss-reactive ketones (excluding diaryl/α,β-unsaturated/α-hetero) is 1. The molecule has 1 atom stereocenters. The van der Waals surface area contributed by atoms with Crippen LogP contribution in [0.1, 0.15) is 40.4 Å². The SMILES string of the molecule is O=C1CC[C@@H](c2c(-c3ccc4c(c3)OCO4)n(-c3ccc(Cl)cc3)c3cccc(O)c23)c2c1cc(-c1ccc3c(c1)OCO3)n2-c1ccc(Cl)cc1. The highest BCUT2D eigenvalue weighted by molar-refractivity contribution is 6.30. The van der Waals surface area contributed by atoms with E-state index in [4.69, 9.17) is 42.1 Å². The van der Waals surface area contributed by atoms with Crippen LogP contribution in [0.5, 0.6) is 28.7 Å². The normalized spacial score (nSPS) is 15.7. The number of hydrogen-bond acceptors (Lipinski definition) is 6. The van der Waals surface area contributed by atoms with Gasteiger partial charge in [-0.3, -0.25) is 4.79 Å². The van der Waals surface area contributed by atoms with E-state index in [2.05, 4.69) is 9.13 Å². The zero-order valence-corrected chi connectivity index (χ0v) is 28.9. The minimum atomic E-state index is -0.337. The maximum absolute atomic E-state index is 14.0. The lowest BCUT2D eigenvalue weighted by molar-refractivity contribution is 0.0969. The van der Waals surface area contributed by atoms with E-state index in [9.17, 15) is 9.90 Å². The number of ketones is 1. The summed E-state index contributed by atoms with van der Waals surface area (Å²) in [6, 6.07) is 34.6. The lowest BCUT2D eigenvalue weighted by Gasteiger charge is -2.27. The molecule has 2 aromatic heterocycles. The number of hydrogen-bond donors (Lipinski definition) is 1. The molecule has 256 valence electrons. The van der Waals surface area contributed by atoms with Gasteiger partial charge in [-0.2, -0.15) is 0 Å². The molecule has 1 aliphatic carbocycles. The Morgan fingerprint density at radius 2 is 1.25 bits per heavy atom. The second-order valence-electron chi connectivity index (χ2n) is 13.0. The number of halogens is 2. The van der Waals surface area contributed by atoms with Crippen molar-refractivity contribution in [3.05, 3.63) is 136 Å². The Hall–Kier alpha value is -5.83. The van der Waals surface area contributed by atoms with Crippen LogP contribution in [-0.4, -0.2) is 33.6 Å². The minimum Gasteiger partial charge on any atom is -0.507 e. The summed E-state index contributed by atoms with van der Waals surface area (Å²) in [6.45, 7) is 0.287. The first-order chi connectivity index (χ1) is 25.4. The number of phenolic OH excluding ortho intramolecular Hbond substituents is 1. The zero-order valence-electron chi connectivity index (χ0n) is 27.4. The van der Waals surface area contributed by atoms with Crippen molar-refractivity contribution in [2.45, 2.75) is 18.8 Å². The van der Waals surface area contributed by atoms with Crippen molar-refractivity contribution >= 4 is 39.9 Å². The van der Waals surface area contributed by atoms with E-state index < -0.39 is 0 Å². The summed E-state index contributed by atoms with van der Waals surface area (Å²) in [4.78, 5) is 14.0. The molecular formula is C42H28Cl2N2O6. The summed E-state index contributed by atoms with van der Waals surface area (Å²) in [5, 5.41) is 13.7. The lowest BCUT2D eigenvalue weighted by Crippen LogP contribution is -2.19. The van der Waals surface area contributed by atoms with Gasteiger partial charge < -0.3 is 33.2 Å². The number of rotatable bonds is 5. The van der Waals surface area contributed by atoms with Gasteiger partial charge in [-0.25, -0.2) is 0 Å². The van der Waals surface area contributed by atoms with E-state index in [-0.39, 0.29) is 31.0 Å². The number of fused-ring (bicyclic) bond motifs is 4. The number of carbonyl (C=O) groups is 1. The van der Waals surface area contributed by atoms with E-state index in [1.165, 1.54) is 0 Å². The largest absolute Gasteiger partial charge is 0.507 e. The molecule has 0 spiro atoms. The molecule has 7 aromatic rings. The monoisotopic (exact) mass is 726 g/mol. The van der Waals surface area contributed by atoms with Crippen LogP contribution in [0.4, 0.5) is 0 Å². The number of aromatic hydroxyl groups is 1. The molecule has 5 aromatic carbocycles. The van der Waals surface area contributed by atoms with Gasteiger partial charge in [-0.05, 0) is 115 Å². The molecule has 0 unspecified atom stereocenters. The molecule has 0 bridgehead atoms. The van der Waals surface area contributed by atoms with E-state index >= 15 is 0 Å². The Labute approximate surface area is 307 Å². The number of aromatic nitrogens is 2. The van der Waals surface area contributed by atoms with Gasteiger partial charge >= 0.3 is 0 Å². The predicted molar refractivity (Wildman–Crippen MR) is 199 cm³/mol. The molecule has 0 amide bonds. The molecule has 0 saturated carbocycles. The number of nitrogens with zero attached hydrogens (tertiary/aromatic N) is 2. The smallest absolute Gasteiger partial charge is 0.231 e. The van der Waals surface area contributed by atoms with Crippen LogP contribution in [0.3, 0.4) is 0 Å². The van der Waals surface area contributed by atoms with Crippen LogP contribution in [0.25, 0.3) is 44.8 Å². The molecular weight excluding hydrogens is 699 g/mol. The summed E-state index contributed by atoms with van der Waals surface area (Å²) in [5.74, 6) is 2.47. The van der Waals surface area contributed by atoms with Crippen molar-refractivity contribution in [3.63, 3.8) is 0 Å². The molecule has 3 aliphatic rings. The molecule has 0 saturated heterocycles. The van der Waals surface area contributed by atoms with E-state index in [1.54, 1.807) is 6.07 Å². The molecule has 0 radical (unpaired) electrons. The van der Waals surface area contributed by atoms with Crippen LogP contribution in [0.2, 0.25) is 10.0 Å². The average molecular weight is 728 g/mol. The number of phenols is 1. The van der Waals surface area contributed by atoms with Crippen LogP contribution < -0.4 is 18.9 Å². The van der Waals surface area contributed by atoms with Crippen molar-refractivity contribution < 1.29 is 28.8 Å². The standard InChI is InChI=1S/C42H28Cl2N2O6/c43-25-6-10-27(11-7-25)45-31-2-1-3-34(48)40(31)39(41(45)24-5-17-36-38(19-24)52-22-50-36)29-14-15-33(47)30-20-32(23-4-16-35-37(18-23)51-21-49-35)46(42(29)30)28-12-8-26(44)9-13-28/h1-13,16-20,29,48H,14-15,21-22H2/t29-/m0/s1. The Balaban J connectivity index is 1.31. The van der Waals surface area contributed by atoms with Crippen molar-refractivity contribution in [3.8, 4) is 62.6 Å². The highest BCUT2D eigenvalue weighted by Gasteiger charge is 2.38. The molecule has 52 heavy (non-hydrogen) atoms. The first-order valence-corrected chi connectivity index (χ1v) is 17.7. The lowest BCUT2D eigenvalue weighted by atomic mass is 9.80. The van der Waals surface area contributed by atoms with Gasteiger partial charge in [0, 0.05) is 61.5 Å². The van der Waals surface area contributed by atoms with E-state index in [0.29, 0.717) is 56.8 Å². The van der Waals surface area contributed by atoms with Crippen LogP contribution in [0.15, 0.2) is 109 Å². The predicted octanol–water partition coefficient (Wildman–Crippen LogP) is 10.3. The summed E-state index contributed by atoms with van der Waals surface area (Å²) in [5.41, 5.74) is 8.26. The maximum atomic E-state index is 14.0. The molecule has 10 rings (SSSR count). The Kier molecular flexibility index (Phi) is 7.06. The number of benzene rings is 5. The minimum absolute atomic E-state index is 0.0521. The number of ether oxygens (including phenoxy) is 4. The van der Waals surface area contributed by atoms with Crippen molar-refractivity contribution in [2.24, 2.45) is 0 Å².